The van der Waals surface area contributed by atoms with Crippen LogP contribution in [0.3, 0.4) is 0 Å². The Morgan fingerprint density at radius 1 is 1.07 bits per heavy atom. The van der Waals surface area contributed by atoms with Gasteiger partial charge in [-0.1, -0.05) is 24.3 Å². The van der Waals surface area contributed by atoms with Crippen molar-refractivity contribution in [3.63, 3.8) is 0 Å². The molecule has 28 heavy (non-hydrogen) atoms. The summed E-state index contributed by atoms with van der Waals surface area (Å²) < 4.78 is 0. The molecule has 1 aromatic carbocycles. The summed E-state index contributed by atoms with van der Waals surface area (Å²) in [6, 6.07) is 9.72. The lowest BCUT2D eigenvalue weighted by Crippen LogP contribution is -2.37. The van der Waals surface area contributed by atoms with Crippen LogP contribution in [0.2, 0.25) is 0 Å². The molecule has 0 amide bonds. The quantitative estimate of drug-likeness (QED) is 0.857. The summed E-state index contributed by atoms with van der Waals surface area (Å²) >= 11 is 0. The van der Waals surface area contributed by atoms with Crippen LogP contribution in [0.1, 0.15) is 54.1 Å². The van der Waals surface area contributed by atoms with E-state index in [-0.39, 0.29) is 0 Å². The van der Waals surface area contributed by atoms with E-state index in [0.717, 1.165) is 51.1 Å². The smallest absolute Gasteiger partial charge is 0.225 e. The van der Waals surface area contributed by atoms with Gasteiger partial charge in [-0.3, -0.25) is 0 Å². The van der Waals surface area contributed by atoms with Crippen LogP contribution in [-0.4, -0.2) is 40.8 Å². The summed E-state index contributed by atoms with van der Waals surface area (Å²) in [5.41, 5.74) is 5.52. The molecule has 148 valence electrons. The molecule has 2 aliphatic carbocycles. The first kappa shape index (κ1) is 18.1. The van der Waals surface area contributed by atoms with Crippen LogP contribution in [0.15, 0.2) is 30.5 Å². The molecule has 0 radical (unpaired) electrons. The van der Waals surface area contributed by atoms with Crippen molar-refractivity contribution in [1.82, 2.24) is 15.3 Å². The van der Waals surface area contributed by atoms with Crippen LogP contribution in [-0.2, 0) is 19.3 Å². The number of hydrogen-bond donors (Lipinski definition) is 2. The fourth-order valence-corrected chi connectivity index (χ4v) is 5.14. The van der Waals surface area contributed by atoms with E-state index in [2.05, 4.69) is 40.7 Å². The summed E-state index contributed by atoms with van der Waals surface area (Å²) in [6.45, 7) is 2.20. The second-order valence-electron chi connectivity index (χ2n) is 8.67. The minimum absolute atomic E-state index is 0.303. The highest BCUT2D eigenvalue weighted by Gasteiger charge is 2.29. The molecule has 2 heterocycles. The summed E-state index contributed by atoms with van der Waals surface area (Å²) in [7, 11) is 0. The monoisotopic (exact) mass is 378 g/mol. The molecule has 0 saturated carbocycles. The van der Waals surface area contributed by atoms with Crippen molar-refractivity contribution in [2.24, 2.45) is 5.92 Å². The predicted octanol–water partition coefficient (Wildman–Crippen LogP) is 2.82. The van der Waals surface area contributed by atoms with Gasteiger partial charge in [0.1, 0.15) is 0 Å². The molecule has 3 aliphatic rings. The van der Waals surface area contributed by atoms with E-state index in [9.17, 15) is 5.11 Å². The van der Waals surface area contributed by atoms with Crippen molar-refractivity contribution in [3.05, 3.63) is 52.8 Å². The number of benzene rings is 1. The topological polar surface area (TPSA) is 61.3 Å². The van der Waals surface area contributed by atoms with E-state index >= 15 is 0 Å². The zero-order chi connectivity index (χ0) is 18.9. The van der Waals surface area contributed by atoms with Gasteiger partial charge in [0.15, 0.2) is 0 Å². The average molecular weight is 379 g/mol. The van der Waals surface area contributed by atoms with Gasteiger partial charge in [0, 0.05) is 43.5 Å². The number of anilines is 1. The van der Waals surface area contributed by atoms with Crippen LogP contribution >= 0.6 is 0 Å². The Morgan fingerprint density at radius 3 is 2.54 bits per heavy atom. The third kappa shape index (κ3) is 3.53. The van der Waals surface area contributed by atoms with Crippen LogP contribution < -0.4 is 10.2 Å². The normalized spacial score (nSPS) is 22.9. The van der Waals surface area contributed by atoms with Crippen molar-refractivity contribution in [2.45, 2.75) is 57.0 Å². The van der Waals surface area contributed by atoms with Gasteiger partial charge in [0.05, 0.1) is 5.69 Å². The standard InChI is InChI=1S/C23H30N4O/c28-15-16-8-10-27(11-9-16)23-24-14-20-21(6-3-7-22(20)26-23)25-19-12-17-4-1-2-5-18(17)13-19/h1-2,4-5,14,16,19,21,25,28H,3,6-13,15H2/t21-/m1/s1. The van der Waals surface area contributed by atoms with Gasteiger partial charge in [-0.25, -0.2) is 9.97 Å². The highest BCUT2D eigenvalue weighted by atomic mass is 16.3. The van der Waals surface area contributed by atoms with Gasteiger partial charge in [-0.2, -0.15) is 0 Å². The van der Waals surface area contributed by atoms with E-state index in [0.29, 0.717) is 24.6 Å². The molecule has 1 aromatic heterocycles. The maximum Gasteiger partial charge on any atom is 0.225 e. The lowest BCUT2D eigenvalue weighted by Gasteiger charge is -2.33. The summed E-state index contributed by atoms with van der Waals surface area (Å²) in [4.78, 5) is 12.0. The van der Waals surface area contributed by atoms with Crippen LogP contribution in [0.25, 0.3) is 0 Å². The number of nitrogens with one attached hydrogen (secondary N) is 1. The van der Waals surface area contributed by atoms with Crippen LogP contribution in [0, 0.1) is 5.92 Å². The number of rotatable bonds is 4. The molecule has 5 rings (SSSR count). The highest BCUT2D eigenvalue weighted by molar-refractivity contribution is 5.37. The molecule has 1 atom stereocenters. The number of fused-ring (bicyclic) bond motifs is 2. The van der Waals surface area contributed by atoms with E-state index in [4.69, 9.17) is 9.97 Å². The van der Waals surface area contributed by atoms with Gasteiger partial charge in [-0.15, -0.1) is 0 Å². The molecule has 0 unspecified atom stereocenters. The van der Waals surface area contributed by atoms with Crippen molar-refractivity contribution < 1.29 is 5.11 Å². The Labute approximate surface area is 167 Å². The zero-order valence-electron chi connectivity index (χ0n) is 16.5. The summed E-state index contributed by atoms with van der Waals surface area (Å²) in [5, 5.41) is 13.3. The first-order valence-corrected chi connectivity index (χ1v) is 10.8. The number of aliphatic hydroxyl groups excluding tert-OH is 1. The zero-order valence-corrected chi connectivity index (χ0v) is 16.5. The highest BCUT2D eigenvalue weighted by Crippen LogP contribution is 2.32. The Hall–Kier alpha value is -1.98. The van der Waals surface area contributed by atoms with Crippen LogP contribution in [0.4, 0.5) is 5.95 Å². The Kier molecular flexibility index (Phi) is 5.03. The van der Waals surface area contributed by atoms with Gasteiger partial charge >= 0.3 is 0 Å². The SMILES string of the molecule is OCC1CCN(c2ncc3c(n2)CCC[C@H]3NC2Cc3ccccc3C2)CC1. The molecule has 2 N–H and O–H groups in total. The van der Waals surface area contributed by atoms with Crippen LogP contribution in [0.5, 0.6) is 0 Å². The maximum absolute atomic E-state index is 9.35. The number of aryl methyl sites for hydroxylation is 1. The van der Waals surface area contributed by atoms with Crippen molar-refractivity contribution in [3.8, 4) is 0 Å². The molecule has 1 aliphatic heterocycles. The third-order valence-corrected chi connectivity index (χ3v) is 6.81. The van der Waals surface area contributed by atoms with E-state index in [1.54, 1.807) is 0 Å². The number of nitrogens with zero attached hydrogens (tertiary/aromatic N) is 3. The van der Waals surface area contributed by atoms with Crippen molar-refractivity contribution in [1.29, 1.82) is 0 Å². The molecular weight excluding hydrogens is 348 g/mol. The van der Waals surface area contributed by atoms with Gasteiger partial charge in [-0.05, 0) is 62.0 Å². The lowest BCUT2D eigenvalue weighted by atomic mass is 9.91. The lowest BCUT2D eigenvalue weighted by molar-refractivity contribution is 0.202. The van der Waals surface area contributed by atoms with Gasteiger partial charge < -0.3 is 15.3 Å². The molecule has 2 aromatic rings. The fourth-order valence-electron chi connectivity index (χ4n) is 5.14. The molecule has 0 spiro atoms. The van der Waals surface area contributed by atoms with Crippen molar-refractivity contribution in [2.75, 3.05) is 24.6 Å². The Bertz CT molecular complexity index is 806. The molecule has 1 saturated heterocycles. The van der Waals surface area contributed by atoms with E-state index in [1.165, 1.54) is 35.2 Å². The molecule has 0 bridgehead atoms. The largest absolute Gasteiger partial charge is 0.396 e. The minimum atomic E-state index is 0.303. The summed E-state index contributed by atoms with van der Waals surface area (Å²) in [5.74, 6) is 1.32. The number of piperidine rings is 1. The second-order valence-corrected chi connectivity index (χ2v) is 8.67. The maximum atomic E-state index is 9.35. The number of aliphatic hydroxyl groups is 1. The summed E-state index contributed by atoms with van der Waals surface area (Å²) in [6.07, 6.45) is 9.81. The van der Waals surface area contributed by atoms with E-state index in [1.807, 2.05) is 0 Å². The first-order valence-electron chi connectivity index (χ1n) is 10.8. The molecular formula is C23H30N4O. The minimum Gasteiger partial charge on any atom is -0.396 e. The van der Waals surface area contributed by atoms with Crippen molar-refractivity contribution >= 4 is 5.95 Å². The average Bonchev–Trinajstić information content (AvgIpc) is 3.16. The molecule has 1 fully saturated rings. The molecule has 5 heteroatoms. The Balaban J connectivity index is 1.28. The van der Waals surface area contributed by atoms with Gasteiger partial charge in [0.25, 0.3) is 0 Å². The molecule has 5 nitrogen and oxygen atoms in total. The van der Waals surface area contributed by atoms with Gasteiger partial charge in [0.2, 0.25) is 5.95 Å². The third-order valence-electron chi connectivity index (χ3n) is 6.81. The van der Waals surface area contributed by atoms with E-state index < -0.39 is 0 Å². The first-order chi connectivity index (χ1) is 13.8. The Morgan fingerprint density at radius 2 is 1.82 bits per heavy atom. The number of hydrogen-bond acceptors (Lipinski definition) is 5. The fraction of sp³-hybridized carbons (Fsp3) is 0.565. The predicted molar refractivity (Wildman–Crippen MR) is 111 cm³/mol. The second kappa shape index (κ2) is 7.80. The number of aromatic nitrogens is 2.